The van der Waals surface area contributed by atoms with Crippen molar-refractivity contribution in [2.75, 3.05) is 0 Å². The SMILES string of the molecule is CCC(C)(CC(C)(CC(C)C(=O)OC(C)(C)C)C(=O)OC1CCCC(=O)C1)C(=O)OC1(C)C2CC3CC(C2)CC1C3. The second-order valence-corrected chi connectivity index (χ2v) is 15.8. The van der Waals surface area contributed by atoms with Crippen LogP contribution in [0.2, 0.25) is 0 Å². The topological polar surface area (TPSA) is 96.0 Å². The highest BCUT2D eigenvalue weighted by atomic mass is 16.6. The van der Waals surface area contributed by atoms with Crippen molar-refractivity contribution >= 4 is 23.7 Å². The quantitative estimate of drug-likeness (QED) is 0.205. The Hall–Kier alpha value is -1.92. The first-order chi connectivity index (χ1) is 19.0. The van der Waals surface area contributed by atoms with Crippen LogP contribution in [0, 0.1) is 40.4 Å². The average molecular weight is 575 g/mol. The van der Waals surface area contributed by atoms with Gasteiger partial charge in [0.2, 0.25) is 0 Å². The highest BCUT2D eigenvalue weighted by Crippen LogP contribution is 2.60. The number of hydrogen-bond acceptors (Lipinski definition) is 7. The standard InChI is InChI=1S/C34H54O7/c1-9-32(6,30(38)41-34(8)24-14-22-13-23(16-24)17-25(34)15-22)20-33(7,19-21(2)28(36)40-31(3,4)5)29(37)39-27-12-10-11-26(35)18-27/h21-25,27H,9-20H2,1-8H3. The Bertz CT molecular complexity index is 997. The summed E-state index contributed by atoms with van der Waals surface area (Å²) in [6.07, 6.45) is 8.35. The lowest BCUT2D eigenvalue weighted by molar-refractivity contribution is -0.214. The summed E-state index contributed by atoms with van der Waals surface area (Å²) < 4.78 is 18.1. The van der Waals surface area contributed by atoms with Crippen LogP contribution in [0.3, 0.4) is 0 Å². The summed E-state index contributed by atoms with van der Waals surface area (Å²) in [5.41, 5.74) is -3.21. The molecule has 0 aromatic heterocycles. The van der Waals surface area contributed by atoms with Gasteiger partial charge >= 0.3 is 17.9 Å². The van der Waals surface area contributed by atoms with Gasteiger partial charge in [-0.15, -0.1) is 0 Å². The van der Waals surface area contributed by atoms with Crippen LogP contribution in [0.1, 0.15) is 132 Å². The maximum atomic E-state index is 14.1. The van der Waals surface area contributed by atoms with Crippen LogP contribution in [-0.2, 0) is 33.4 Å². The number of rotatable bonds is 10. The molecule has 4 bridgehead atoms. The normalized spacial score (nSPS) is 34.7. The maximum Gasteiger partial charge on any atom is 0.312 e. The number of ether oxygens (including phenoxy) is 3. The second kappa shape index (κ2) is 11.6. The highest BCUT2D eigenvalue weighted by molar-refractivity contribution is 5.83. The van der Waals surface area contributed by atoms with Crippen molar-refractivity contribution in [1.82, 2.24) is 0 Å². The van der Waals surface area contributed by atoms with E-state index in [-0.39, 0.29) is 37.0 Å². The summed E-state index contributed by atoms with van der Waals surface area (Å²) in [7, 11) is 0. The van der Waals surface area contributed by atoms with E-state index in [2.05, 4.69) is 6.92 Å². The molecule has 5 aliphatic rings. The Kier molecular flexibility index (Phi) is 9.08. The van der Waals surface area contributed by atoms with Crippen molar-refractivity contribution in [2.45, 2.75) is 150 Å². The van der Waals surface area contributed by atoms with Gasteiger partial charge in [0.05, 0.1) is 16.7 Å². The van der Waals surface area contributed by atoms with Crippen LogP contribution in [-0.4, -0.2) is 41.0 Å². The Balaban J connectivity index is 1.55. The third kappa shape index (κ3) is 7.01. The predicted octanol–water partition coefficient (Wildman–Crippen LogP) is 6.98. The van der Waals surface area contributed by atoms with E-state index in [1.165, 1.54) is 6.42 Å². The van der Waals surface area contributed by atoms with Crippen molar-refractivity contribution in [3.8, 4) is 0 Å². The molecular weight excluding hydrogens is 520 g/mol. The van der Waals surface area contributed by atoms with Gasteiger partial charge in [0.15, 0.2) is 0 Å². The molecule has 0 heterocycles. The lowest BCUT2D eigenvalue weighted by atomic mass is 9.50. The predicted molar refractivity (Wildman–Crippen MR) is 156 cm³/mol. The summed E-state index contributed by atoms with van der Waals surface area (Å²) in [4.78, 5) is 53.1. The first-order valence-electron chi connectivity index (χ1n) is 16.2. The van der Waals surface area contributed by atoms with Crippen molar-refractivity contribution in [2.24, 2.45) is 40.4 Å². The molecule has 5 aliphatic carbocycles. The van der Waals surface area contributed by atoms with Gasteiger partial charge in [-0.05, 0) is 129 Å². The number of Topliss-reactive ketones (excluding diaryl/α,β-unsaturated/α-hetero) is 1. The monoisotopic (exact) mass is 574 g/mol. The molecule has 232 valence electrons. The minimum absolute atomic E-state index is 0.101. The van der Waals surface area contributed by atoms with Gasteiger partial charge in [0.1, 0.15) is 23.1 Å². The minimum Gasteiger partial charge on any atom is -0.461 e. The van der Waals surface area contributed by atoms with Crippen LogP contribution in [0.4, 0.5) is 0 Å². The molecule has 7 nitrogen and oxygen atoms in total. The van der Waals surface area contributed by atoms with E-state index in [1.807, 2.05) is 34.6 Å². The Morgan fingerprint density at radius 1 is 0.927 bits per heavy atom. The lowest BCUT2D eigenvalue weighted by Crippen LogP contribution is -2.59. The Morgan fingerprint density at radius 3 is 2.02 bits per heavy atom. The first-order valence-corrected chi connectivity index (χ1v) is 16.2. The molecule has 0 saturated heterocycles. The summed E-state index contributed by atoms with van der Waals surface area (Å²) in [5, 5.41) is 0. The summed E-state index contributed by atoms with van der Waals surface area (Å²) in [5.74, 6) is 0.746. The zero-order valence-electron chi connectivity index (χ0n) is 26.8. The van der Waals surface area contributed by atoms with Gasteiger partial charge in [-0.3, -0.25) is 19.2 Å². The number of hydrogen-bond donors (Lipinski definition) is 0. The number of carbonyl (C=O) groups is 4. The molecule has 4 atom stereocenters. The van der Waals surface area contributed by atoms with Gasteiger partial charge in [0.25, 0.3) is 0 Å². The van der Waals surface area contributed by atoms with E-state index in [0.717, 1.165) is 37.5 Å². The fourth-order valence-corrected chi connectivity index (χ4v) is 8.58. The Labute approximate surface area is 247 Å². The minimum atomic E-state index is -1.15. The fraction of sp³-hybridized carbons (Fsp3) is 0.882. The summed E-state index contributed by atoms with van der Waals surface area (Å²) >= 11 is 0. The first kappa shape index (κ1) is 32.0. The molecule has 0 N–H and O–H groups in total. The third-order valence-corrected chi connectivity index (χ3v) is 10.9. The molecule has 7 heteroatoms. The summed E-state index contributed by atoms with van der Waals surface area (Å²) in [6.45, 7) is 15.0. The van der Waals surface area contributed by atoms with Crippen LogP contribution >= 0.6 is 0 Å². The molecule has 4 unspecified atom stereocenters. The molecule has 0 amide bonds. The molecular formula is C34H54O7. The molecule has 0 radical (unpaired) electrons. The molecule has 0 aromatic rings. The van der Waals surface area contributed by atoms with E-state index in [1.54, 1.807) is 13.8 Å². The van der Waals surface area contributed by atoms with Crippen LogP contribution in [0.5, 0.6) is 0 Å². The molecule has 5 saturated carbocycles. The van der Waals surface area contributed by atoms with Crippen LogP contribution in [0.15, 0.2) is 0 Å². The van der Waals surface area contributed by atoms with Crippen molar-refractivity contribution in [3.05, 3.63) is 0 Å². The van der Waals surface area contributed by atoms with E-state index in [4.69, 9.17) is 14.2 Å². The number of carbonyl (C=O) groups excluding carboxylic acids is 4. The summed E-state index contributed by atoms with van der Waals surface area (Å²) in [6, 6.07) is 0. The highest BCUT2D eigenvalue weighted by Gasteiger charge is 2.58. The van der Waals surface area contributed by atoms with Crippen molar-refractivity contribution < 1.29 is 33.4 Å². The smallest absolute Gasteiger partial charge is 0.312 e. The second-order valence-electron chi connectivity index (χ2n) is 15.8. The van der Waals surface area contributed by atoms with Gasteiger partial charge in [-0.1, -0.05) is 13.8 Å². The van der Waals surface area contributed by atoms with E-state index in [9.17, 15) is 19.2 Å². The molecule has 0 aromatic carbocycles. The molecule has 0 spiro atoms. The van der Waals surface area contributed by atoms with E-state index >= 15 is 0 Å². The zero-order valence-corrected chi connectivity index (χ0v) is 26.8. The number of esters is 3. The van der Waals surface area contributed by atoms with E-state index < -0.39 is 40.0 Å². The van der Waals surface area contributed by atoms with Crippen molar-refractivity contribution in [1.29, 1.82) is 0 Å². The van der Waals surface area contributed by atoms with Crippen LogP contribution < -0.4 is 0 Å². The van der Waals surface area contributed by atoms with Gasteiger partial charge < -0.3 is 14.2 Å². The van der Waals surface area contributed by atoms with Crippen LogP contribution in [0.25, 0.3) is 0 Å². The van der Waals surface area contributed by atoms with Crippen molar-refractivity contribution in [3.63, 3.8) is 0 Å². The molecule has 0 aliphatic heterocycles. The molecule has 5 fully saturated rings. The zero-order chi connectivity index (χ0) is 30.4. The Morgan fingerprint density at radius 2 is 1.51 bits per heavy atom. The largest absolute Gasteiger partial charge is 0.461 e. The third-order valence-electron chi connectivity index (χ3n) is 10.9. The molecule has 5 rings (SSSR count). The fourth-order valence-electron chi connectivity index (χ4n) is 8.58. The van der Waals surface area contributed by atoms with Gasteiger partial charge in [-0.25, -0.2) is 0 Å². The molecule has 41 heavy (non-hydrogen) atoms. The number of ketones is 1. The van der Waals surface area contributed by atoms with Gasteiger partial charge in [-0.2, -0.15) is 0 Å². The van der Waals surface area contributed by atoms with Gasteiger partial charge in [0, 0.05) is 12.8 Å². The lowest BCUT2D eigenvalue weighted by Gasteiger charge is -2.59. The van der Waals surface area contributed by atoms with E-state index in [0.29, 0.717) is 37.5 Å². The average Bonchev–Trinajstić information content (AvgIpc) is 2.85. The maximum absolute atomic E-state index is 14.1.